The number of nitrogens with zero attached hydrogens (tertiary/aromatic N) is 1. The molecule has 0 aliphatic carbocycles. The smallest absolute Gasteiger partial charge is 0.242 e. The maximum Gasteiger partial charge on any atom is 0.242 e. The number of benzene rings is 2. The van der Waals surface area contributed by atoms with Gasteiger partial charge in [0.2, 0.25) is 11.8 Å². The molecule has 0 aromatic heterocycles. The molecule has 0 bridgehead atoms. The van der Waals surface area contributed by atoms with Crippen LogP contribution in [0.25, 0.3) is 0 Å². The summed E-state index contributed by atoms with van der Waals surface area (Å²) in [4.78, 5) is 27.3. The topological polar surface area (TPSA) is 49.4 Å². The maximum atomic E-state index is 13.1. The lowest BCUT2D eigenvalue weighted by atomic mass is 10.1. The predicted octanol–water partition coefficient (Wildman–Crippen LogP) is 4.79. The minimum atomic E-state index is -0.593. The maximum absolute atomic E-state index is 13.1. The fourth-order valence-electron chi connectivity index (χ4n) is 2.88. The van der Waals surface area contributed by atoms with Gasteiger partial charge in [0.05, 0.1) is 6.42 Å². The van der Waals surface area contributed by atoms with Crippen molar-refractivity contribution in [2.45, 2.75) is 46.2 Å². The summed E-state index contributed by atoms with van der Waals surface area (Å²) in [6, 6.07) is 12.3. The minimum absolute atomic E-state index is 0.104. The van der Waals surface area contributed by atoms with Gasteiger partial charge in [-0.1, -0.05) is 60.5 Å². The molecule has 0 aliphatic rings. The van der Waals surface area contributed by atoms with Gasteiger partial charge in [0.25, 0.3) is 0 Å². The van der Waals surface area contributed by atoms with Crippen LogP contribution in [0.2, 0.25) is 10.0 Å². The van der Waals surface area contributed by atoms with Crippen molar-refractivity contribution in [3.63, 3.8) is 0 Å². The molecule has 1 atom stereocenters. The van der Waals surface area contributed by atoms with Crippen molar-refractivity contribution in [2.24, 2.45) is 0 Å². The summed E-state index contributed by atoms with van der Waals surface area (Å²) >= 11 is 12.2. The molecule has 2 amide bonds. The van der Waals surface area contributed by atoms with Gasteiger partial charge < -0.3 is 10.2 Å². The van der Waals surface area contributed by atoms with E-state index in [-0.39, 0.29) is 18.2 Å². The van der Waals surface area contributed by atoms with E-state index in [1.165, 1.54) is 0 Å². The molecular weight excluding hydrogens is 395 g/mol. The van der Waals surface area contributed by atoms with Gasteiger partial charge in [-0.2, -0.15) is 0 Å². The first kappa shape index (κ1) is 22.3. The van der Waals surface area contributed by atoms with Gasteiger partial charge >= 0.3 is 0 Å². The number of hydrogen-bond acceptors (Lipinski definition) is 2. The van der Waals surface area contributed by atoms with E-state index in [0.717, 1.165) is 17.5 Å². The second-order valence-corrected chi connectivity index (χ2v) is 7.67. The predicted molar refractivity (Wildman–Crippen MR) is 115 cm³/mol. The molecule has 0 spiro atoms. The van der Waals surface area contributed by atoms with Crippen molar-refractivity contribution >= 4 is 35.0 Å². The molecule has 1 N–H and O–H groups in total. The molecule has 0 fully saturated rings. The Balaban J connectivity index is 2.26. The second kappa shape index (κ2) is 10.5. The summed E-state index contributed by atoms with van der Waals surface area (Å²) in [7, 11) is 0. The van der Waals surface area contributed by atoms with Crippen LogP contribution >= 0.6 is 23.2 Å². The normalized spacial score (nSPS) is 11.8. The first-order chi connectivity index (χ1) is 13.3. The number of aryl methyl sites for hydroxylation is 1. The van der Waals surface area contributed by atoms with E-state index < -0.39 is 6.04 Å². The Morgan fingerprint density at radius 1 is 1.11 bits per heavy atom. The highest BCUT2D eigenvalue weighted by molar-refractivity contribution is 6.35. The van der Waals surface area contributed by atoms with E-state index in [2.05, 4.69) is 5.32 Å². The molecular formula is C22H26Cl2N2O2. The molecule has 2 aromatic rings. The lowest BCUT2D eigenvalue weighted by Crippen LogP contribution is -2.48. The molecule has 0 saturated carbocycles. The average Bonchev–Trinajstić information content (AvgIpc) is 2.67. The lowest BCUT2D eigenvalue weighted by molar-refractivity contribution is -0.140. The quantitative estimate of drug-likeness (QED) is 0.667. The van der Waals surface area contributed by atoms with Crippen LogP contribution in [-0.4, -0.2) is 29.3 Å². The van der Waals surface area contributed by atoms with Gasteiger partial charge in [0.15, 0.2) is 0 Å². The Kier molecular flexibility index (Phi) is 8.34. The number of amides is 2. The van der Waals surface area contributed by atoms with Crippen molar-refractivity contribution in [3.8, 4) is 0 Å². The number of rotatable bonds is 8. The fourth-order valence-corrected chi connectivity index (χ4v) is 3.35. The van der Waals surface area contributed by atoms with Gasteiger partial charge in [0, 0.05) is 23.1 Å². The Bertz CT molecular complexity index is 839. The Morgan fingerprint density at radius 2 is 1.82 bits per heavy atom. The summed E-state index contributed by atoms with van der Waals surface area (Å²) in [5.41, 5.74) is 2.77. The van der Waals surface area contributed by atoms with Gasteiger partial charge in [-0.25, -0.2) is 0 Å². The van der Waals surface area contributed by atoms with Crippen molar-refractivity contribution in [1.82, 2.24) is 10.2 Å². The lowest BCUT2D eigenvalue weighted by Gasteiger charge is -2.29. The van der Waals surface area contributed by atoms with Crippen LogP contribution in [0.15, 0.2) is 42.5 Å². The minimum Gasteiger partial charge on any atom is -0.354 e. The highest BCUT2D eigenvalue weighted by Crippen LogP contribution is 2.23. The summed E-state index contributed by atoms with van der Waals surface area (Å²) in [5, 5.41) is 3.84. The van der Waals surface area contributed by atoms with E-state index in [9.17, 15) is 9.59 Å². The highest BCUT2D eigenvalue weighted by atomic mass is 35.5. The molecule has 0 saturated heterocycles. The molecule has 0 heterocycles. The Morgan fingerprint density at radius 3 is 2.46 bits per heavy atom. The van der Waals surface area contributed by atoms with Gasteiger partial charge in [-0.15, -0.1) is 0 Å². The molecule has 0 radical (unpaired) electrons. The highest BCUT2D eigenvalue weighted by Gasteiger charge is 2.26. The van der Waals surface area contributed by atoms with E-state index in [1.807, 2.05) is 38.1 Å². The largest absolute Gasteiger partial charge is 0.354 e. The Hall–Kier alpha value is -2.04. The molecule has 2 rings (SSSR count). The van der Waals surface area contributed by atoms with Crippen molar-refractivity contribution in [1.29, 1.82) is 0 Å². The number of nitrogens with one attached hydrogen (secondary N) is 1. The van der Waals surface area contributed by atoms with Crippen LogP contribution in [0.3, 0.4) is 0 Å². The van der Waals surface area contributed by atoms with Crippen molar-refractivity contribution < 1.29 is 9.59 Å². The van der Waals surface area contributed by atoms with E-state index in [1.54, 1.807) is 30.0 Å². The average molecular weight is 421 g/mol. The molecule has 0 unspecified atom stereocenters. The summed E-state index contributed by atoms with van der Waals surface area (Å²) in [6.07, 6.45) is 0.942. The SMILES string of the molecule is CCCNC(=O)[C@@H](C)N(Cc1ccccc1C)C(=O)Cc1ccc(Cl)cc1Cl. The third kappa shape index (κ3) is 5.98. The zero-order valence-electron chi connectivity index (χ0n) is 16.5. The molecule has 2 aromatic carbocycles. The van der Waals surface area contributed by atoms with Crippen LogP contribution in [0.4, 0.5) is 0 Å². The van der Waals surface area contributed by atoms with Crippen LogP contribution in [0.1, 0.15) is 37.0 Å². The third-order valence-corrected chi connectivity index (χ3v) is 5.26. The van der Waals surface area contributed by atoms with Crippen molar-refractivity contribution in [3.05, 3.63) is 69.2 Å². The first-order valence-corrected chi connectivity index (χ1v) is 10.1. The zero-order chi connectivity index (χ0) is 20.7. The van der Waals surface area contributed by atoms with E-state index >= 15 is 0 Å². The summed E-state index contributed by atoms with van der Waals surface area (Å²) in [5.74, 6) is -0.322. The zero-order valence-corrected chi connectivity index (χ0v) is 18.0. The summed E-state index contributed by atoms with van der Waals surface area (Å²) in [6.45, 7) is 6.68. The Labute approximate surface area is 176 Å². The van der Waals surface area contributed by atoms with E-state index in [0.29, 0.717) is 28.7 Å². The first-order valence-electron chi connectivity index (χ1n) is 9.39. The number of hydrogen-bond donors (Lipinski definition) is 1. The van der Waals surface area contributed by atoms with Crippen LogP contribution in [0, 0.1) is 6.92 Å². The third-order valence-electron chi connectivity index (χ3n) is 4.68. The van der Waals surface area contributed by atoms with E-state index in [4.69, 9.17) is 23.2 Å². The molecule has 0 aliphatic heterocycles. The molecule has 150 valence electrons. The van der Waals surface area contributed by atoms with Gasteiger partial charge in [0.1, 0.15) is 6.04 Å². The van der Waals surface area contributed by atoms with Crippen LogP contribution in [0.5, 0.6) is 0 Å². The van der Waals surface area contributed by atoms with Gasteiger partial charge in [-0.3, -0.25) is 9.59 Å². The molecule has 4 nitrogen and oxygen atoms in total. The second-order valence-electron chi connectivity index (χ2n) is 6.83. The standard InChI is InChI=1S/C22H26Cl2N2O2/c1-4-11-25-22(28)16(3)26(14-18-8-6-5-7-15(18)2)21(27)12-17-9-10-19(23)13-20(17)24/h5-10,13,16H,4,11-12,14H2,1-3H3,(H,25,28)/t16-/m1/s1. The fraction of sp³-hybridized carbons (Fsp3) is 0.364. The molecule has 6 heteroatoms. The van der Waals surface area contributed by atoms with Crippen molar-refractivity contribution in [2.75, 3.05) is 6.54 Å². The number of carbonyl (C=O) groups is 2. The van der Waals surface area contributed by atoms with Crippen LogP contribution < -0.4 is 5.32 Å². The monoisotopic (exact) mass is 420 g/mol. The van der Waals surface area contributed by atoms with Crippen LogP contribution in [-0.2, 0) is 22.6 Å². The number of carbonyl (C=O) groups excluding carboxylic acids is 2. The number of halogens is 2. The molecule has 28 heavy (non-hydrogen) atoms. The van der Waals surface area contributed by atoms with Gasteiger partial charge in [-0.05, 0) is 49.1 Å². The summed E-state index contributed by atoms with van der Waals surface area (Å²) < 4.78 is 0.